The van der Waals surface area contributed by atoms with Crippen LogP contribution < -0.4 is 15.2 Å². The molecule has 1 aromatic heterocycles. The molecule has 1 aromatic carbocycles. The number of hydrogen-bond acceptors (Lipinski definition) is 5. The quantitative estimate of drug-likeness (QED) is 0.655. The minimum Gasteiger partial charge on any atom is -0.493 e. The van der Waals surface area contributed by atoms with Crippen LogP contribution in [0.5, 0.6) is 11.5 Å². The molecule has 106 valence electrons. The third-order valence-corrected chi connectivity index (χ3v) is 3.98. The van der Waals surface area contributed by atoms with Gasteiger partial charge in [0.05, 0.1) is 29.9 Å². The van der Waals surface area contributed by atoms with Crippen molar-refractivity contribution in [3.05, 3.63) is 28.8 Å². The van der Waals surface area contributed by atoms with Crippen LogP contribution in [0, 0.1) is 12.3 Å². The molecule has 3 N–H and O–H groups in total. The van der Waals surface area contributed by atoms with Crippen LogP contribution in [0.2, 0.25) is 0 Å². The Bertz CT molecular complexity index is 637. The molecule has 0 aliphatic rings. The lowest BCUT2D eigenvalue weighted by Gasteiger charge is -2.12. The lowest BCUT2D eigenvalue weighted by Crippen LogP contribution is -2.10. The van der Waals surface area contributed by atoms with Gasteiger partial charge in [-0.15, -0.1) is 11.3 Å². The lowest BCUT2D eigenvalue weighted by atomic mass is 10.2. The highest BCUT2D eigenvalue weighted by molar-refractivity contribution is 7.17. The fraction of sp³-hybridized carbons (Fsp3) is 0.286. The van der Waals surface area contributed by atoms with E-state index in [1.165, 1.54) is 11.3 Å². The summed E-state index contributed by atoms with van der Waals surface area (Å²) in [6.45, 7) is 4.30. The first kappa shape index (κ1) is 14.3. The summed E-state index contributed by atoms with van der Waals surface area (Å²) in [6.07, 6.45) is 0. The molecule has 0 unspecified atom stereocenters. The fourth-order valence-electron chi connectivity index (χ4n) is 1.90. The predicted molar refractivity (Wildman–Crippen MR) is 81.0 cm³/mol. The molecule has 1 heterocycles. The maximum atomic E-state index is 7.56. The summed E-state index contributed by atoms with van der Waals surface area (Å²) in [4.78, 5) is 5.17. The fourth-order valence-corrected chi connectivity index (χ4v) is 2.85. The first-order valence-electron chi connectivity index (χ1n) is 6.20. The zero-order valence-corrected chi connectivity index (χ0v) is 12.5. The molecule has 0 radical (unpaired) electrons. The Morgan fingerprint density at radius 1 is 1.45 bits per heavy atom. The minimum absolute atomic E-state index is 0.0344. The molecule has 0 aliphatic carbocycles. The molecule has 0 saturated carbocycles. The predicted octanol–water partition coefficient (Wildman–Crippen LogP) is 2.81. The number of ether oxygens (including phenoxy) is 2. The molecule has 5 nitrogen and oxygen atoms in total. The number of aromatic nitrogens is 1. The van der Waals surface area contributed by atoms with Crippen LogP contribution in [0.25, 0.3) is 10.6 Å². The van der Waals surface area contributed by atoms with E-state index < -0.39 is 0 Å². The summed E-state index contributed by atoms with van der Waals surface area (Å²) < 4.78 is 11.0. The number of thiazole rings is 1. The average Bonchev–Trinajstić information content (AvgIpc) is 2.81. The van der Waals surface area contributed by atoms with Crippen molar-refractivity contribution >= 4 is 17.2 Å². The highest BCUT2D eigenvalue weighted by atomic mass is 32.1. The smallest absolute Gasteiger partial charge is 0.171 e. The highest BCUT2D eigenvalue weighted by Crippen LogP contribution is 2.40. The standard InChI is InChI=1S/C14H17N3O2S/c1-4-19-11-9(6-5-7-10(11)18-3)14-17-8(2)12(20-14)13(15)16/h5-7H,4H2,1-3H3,(H3,15,16). The van der Waals surface area contributed by atoms with Crippen molar-refractivity contribution in [3.8, 4) is 22.1 Å². The Balaban J connectivity index is 2.57. The molecule has 0 spiro atoms. The molecule has 0 amide bonds. The zero-order valence-electron chi connectivity index (χ0n) is 11.7. The lowest BCUT2D eigenvalue weighted by molar-refractivity contribution is 0.312. The Labute approximate surface area is 121 Å². The van der Waals surface area contributed by atoms with Gasteiger partial charge in [0.25, 0.3) is 0 Å². The van der Waals surface area contributed by atoms with Gasteiger partial charge in [-0.3, -0.25) is 5.41 Å². The molecule has 0 fully saturated rings. The number of rotatable bonds is 5. The summed E-state index contributed by atoms with van der Waals surface area (Å²) in [7, 11) is 1.61. The summed E-state index contributed by atoms with van der Waals surface area (Å²) in [5, 5.41) is 8.33. The monoisotopic (exact) mass is 291 g/mol. The summed E-state index contributed by atoms with van der Waals surface area (Å²) in [6, 6.07) is 5.66. The van der Waals surface area contributed by atoms with Crippen LogP contribution in [0.1, 0.15) is 17.5 Å². The van der Waals surface area contributed by atoms with E-state index in [4.69, 9.17) is 20.6 Å². The molecule has 20 heavy (non-hydrogen) atoms. The first-order chi connectivity index (χ1) is 9.58. The molecular weight excluding hydrogens is 274 g/mol. The number of para-hydroxylation sites is 1. The molecular formula is C14H17N3O2S. The molecule has 0 saturated heterocycles. The van der Waals surface area contributed by atoms with Gasteiger partial charge >= 0.3 is 0 Å². The summed E-state index contributed by atoms with van der Waals surface area (Å²) in [5.74, 6) is 1.37. The van der Waals surface area contributed by atoms with Crippen molar-refractivity contribution < 1.29 is 9.47 Å². The molecule has 2 rings (SSSR count). The SMILES string of the molecule is CCOc1c(OC)cccc1-c1nc(C)c(C(=N)N)s1. The van der Waals surface area contributed by atoms with Crippen LogP contribution in [0.3, 0.4) is 0 Å². The zero-order chi connectivity index (χ0) is 14.7. The number of nitrogens with two attached hydrogens (primary N) is 1. The van der Waals surface area contributed by atoms with Crippen molar-refractivity contribution in [2.24, 2.45) is 5.73 Å². The van der Waals surface area contributed by atoms with Gasteiger partial charge in [-0.25, -0.2) is 4.98 Å². The van der Waals surface area contributed by atoms with E-state index in [2.05, 4.69) is 4.98 Å². The van der Waals surface area contributed by atoms with Crippen molar-refractivity contribution in [2.45, 2.75) is 13.8 Å². The Morgan fingerprint density at radius 3 is 2.75 bits per heavy atom. The van der Waals surface area contributed by atoms with E-state index in [0.29, 0.717) is 23.0 Å². The molecule has 0 bridgehead atoms. The van der Waals surface area contributed by atoms with Gasteiger partial charge in [-0.05, 0) is 26.0 Å². The van der Waals surface area contributed by atoms with Crippen LogP contribution in [0.4, 0.5) is 0 Å². The van der Waals surface area contributed by atoms with Crippen molar-refractivity contribution in [2.75, 3.05) is 13.7 Å². The number of aryl methyl sites for hydroxylation is 1. The number of nitrogens with one attached hydrogen (secondary N) is 1. The minimum atomic E-state index is 0.0344. The van der Waals surface area contributed by atoms with Crippen molar-refractivity contribution in [1.82, 2.24) is 4.98 Å². The van der Waals surface area contributed by atoms with Gasteiger partial charge in [0.2, 0.25) is 0 Å². The van der Waals surface area contributed by atoms with Crippen LogP contribution in [-0.4, -0.2) is 24.5 Å². The van der Waals surface area contributed by atoms with Crippen LogP contribution >= 0.6 is 11.3 Å². The number of nitrogens with zero attached hydrogens (tertiary/aromatic N) is 1. The molecule has 0 aliphatic heterocycles. The molecule has 6 heteroatoms. The van der Waals surface area contributed by atoms with Gasteiger partial charge in [0.15, 0.2) is 11.5 Å². The third kappa shape index (κ3) is 2.60. The Kier molecular flexibility index (Phi) is 4.24. The van der Waals surface area contributed by atoms with Gasteiger partial charge in [-0.1, -0.05) is 6.07 Å². The van der Waals surface area contributed by atoms with E-state index in [1.807, 2.05) is 32.0 Å². The Morgan fingerprint density at radius 2 is 2.20 bits per heavy atom. The molecule has 2 aromatic rings. The average molecular weight is 291 g/mol. The number of hydrogen-bond donors (Lipinski definition) is 2. The van der Waals surface area contributed by atoms with Gasteiger partial charge in [0, 0.05) is 0 Å². The number of benzene rings is 1. The normalized spacial score (nSPS) is 10.3. The topological polar surface area (TPSA) is 81.2 Å². The van der Waals surface area contributed by atoms with Crippen molar-refractivity contribution in [1.29, 1.82) is 5.41 Å². The van der Waals surface area contributed by atoms with Crippen LogP contribution in [-0.2, 0) is 0 Å². The third-order valence-electron chi connectivity index (χ3n) is 2.76. The summed E-state index contributed by atoms with van der Waals surface area (Å²) in [5.41, 5.74) is 7.16. The second-order valence-corrected chi connectivity index (χ2v) is 5.12. The van der Waals surface area contributed by atoms with Crippen LogP contribution in [0.15, 0.2) is 18.2 Å². The number of nitrogen functional groups attached to an aromatic ring is 1. The van der Waals surface area contributed by atoms with E-state index >= 15 is 0 Å². The second kappa shape index (κ2) is 5.92. The number of methoxy groups -OCH3 is 1. The largest absolute Gasteiger partial charge is 0.493 e. The first-order valence-corrected chi connectivity index (χ1v) is 7.02. The van der Waals surface area contributed by atoms with E-state index in [9.17, 15) is 0 Å². The van der Waals surface area contributed by atoms with Gasteiger partial charge in [0.1, 0.15) is 10.8 Å². The molecule has 0 atom stereocenters. The van der Waals surface area contributed by atoms with Gasteiger partial charge in [-0.2, -0.15) is 0 Å². The second-order valence-electron chi connectivity index (χ2n) is 4.12. The van der Waals surface area contributed by atoms with E-state index in [0.717, 1.165) is 16.3 Å². The van der Waals surface area contributed by atoms with Crippen molar-refractivity contribution in [3.63, 3.8) is 0 Å². The van der Waals surface area contributed by atoms with E-state index in [-0.39, 0.29) is 5.84 Å². The Hall–Kier alpha value is -2.08. The van der Waals surface area contributed by atoms with Gasteiger partial charge < -0.3 is 15.2 Å². The maximum absolute atomic E-state index is 7.56. The number of amidine groups is 1. The highest BCUT2D eigenvalue weighted by Gasteiger charge is 2.17. The van der Waals surface area contributed by atoms with E-state index in [1.54, 1.807) is 7.11 Å². The maximum Gasteiger partial charge on any atom is 0.171 e. The summed E-state index contributed by atoms with van der Waals surface area (Å²) >= 11 is 1.38.